The van der Waals surface area contributed by atoms with Gasteiger partial charge >= 0.3 is 5.69 Å². The van der Waals surface area contributed by atoms with Crippen molar-refractivity contribution in [3.05, 3.63) is 86.7 Å². The van der Waals surface area contributed by atoms with Crippen LogP contribution >= 0.6 is 0 Å². The lowest BCUT2D eigenvalue weighted by Gasteiger charge is -2.28. The minimum absolute atomic E-state index is 0.308. The quantitative estimate of drug-likeness (QED) is 0.514. The molecule has 0 spiro atoms. The van der Waals surface area contributed by atoms with Crippen LogP contribution in [0.25, 0.3) is 22.2 Å². The second kappa shape index (κ2) is 7.28. The van der Waals surface area contributed by atoms with E-state index in [1.54, 1.807) is 18.7 Å². The van der Waals surface area contributed by atoms with Gasteiger partial charge in [-0.15, -0.1) is 0 Å². The monoisotopic (exact) mass is 417 g/mol. The predicted octanol–water partition coefficient (Wildman–Crippen LogP) is 2.83. The van der Waals surface area contributed by atoms with E-state index < -0.39 is 6.10 Å². The first-order valence-electron chi connectivity index (χ1n) is 10.2. The first kappa shape index (κ1) is 19.4. The lowest BCUT2D eigenvalue weighted by Crippen LogP contribution is -2.37. The molecule has 0 unspecified atom stereocenters. The van der Waals surface area contributed by atoms with Gasteiger partial charge in [-0.2, -0.15) is 0 Å². The normalized spacial score (nSPS) is 15.8. The summed E-state index contributed by atoms with van der Waals surface area (Å²) in [4.78, 5) is 26.2. The van der Waals surface area contributed by atoms with Crippen LogP contribution in [-0.4, -0.2) is 27.4 Å². The van der Waals surface area contributed by atoms with Gasteiger partial charge in [-0.05, 0) is 11.6 Å². The number of fused-ring (bicyclic) bond motifs is 3. The molecular formula is C24H23N3O4. The van der Waals surface area contributed by atoms with Gasteiger partial charge in [0.15, 0.2) is 0 Å². The Hall–Kier alpha value is -3.58. The number of rotatable bonds is 3. The van der Waals surface area contributed by atoms with Crippen molar-refractivity contribution in [3.63, 3.8) is 0 Å². The van der Waals surface area contributed by atoms with Gasteiger partial charge < -0.3 is 14.0 Å². The minimum atomic E-state index is -0.470. The van der Waals surface area contributed by atoms with Crippen LogP contribution in [0, 0.1) is 0 Å². The van der Waals surface area contributed by atoms with Crippen molar-refractivity contribution < 1.29 is 9.47 Å². The third-order valence-corrected chi connectivity index (χ3v) is 6.02. The van der Waals surface area contributed by atoms with Gasteiger partial charge in [0.1, 0.15) is 11.9 Å². The van der Waals surface area contributed by atoms with Crippen LogP contribution in [0.2, 0.25) is 0 Å². The lowest BCUT2D eigenvalue weighted by atomic mass is 10.0. The highest BCUT2D eigenvalue weighted by Crippen LogP contribution is 2.42. The van der Waals surface area contributed by atoms with Gasteiger partial charge in [0.2, 0.25) is 0 Å². The Morgan fingerprint density at radius 3 is 2.42 bits per heavy atom. The Bertz CT molecular complexity index is 1410. The fraction of sp³-hybridized carbons (Fsp3) is 0.250. The molecule has 0 amide bonds. The van der Waals surface area contributed by atoms with Crippen molar-refractivity contribution in [1.29, 1.82) is 0 Å². The summed E-state index contributed by atoms with van der Waals surface area (Å²) in [7, 11) is 4.84. The number of hydrogen-bond acceptors (Lipinski definition) is 4. The SMILES string of the molecule is COc1ccccc1[C@@H]1OCCn2c(-c3ccccc3)c3c(=O)n(C)c(=O)n(C)c3c21. The molecule has 158 valence electrons. The summed E-state index contributed by atoms with van der Waals surface area (Å²) in [5, 5.41) is 0.524. The lowest BCUT2D eigenvalue weighted by molar-refractivity contribution is 0.0464. The molecule has 0 bridgehead atoms. The van der Waals surface area contributed by atoms with Crippen LogP contribution in [-0.2, 0) is 25.4 Å². The number of ether oxygens (including phenoxy) is 2. The van der Waals surface area contributed by atoms with Gasteiger partial charge in [-0.3, -0.25) is 13.9 Å². The predicted molar refractivity (Wildman–Crippen MR) is 119 cm³/mol. The van der Waals surface area contributed by atoms with Crippen molar-refractivity contribution in [2.45, 2.75) is 12.6 Å². The largest absolute Gasteiger partial charge is 0.496 e. The third kappa shape index (κ3) is 2.77. The molecule has 0 saturated heterocycles. The van der Waals surface area contributed by atoms with Crippen LogP contribution in [0.5, 0.6) is 5.75 Å². The zero-order valence-electron chi connectivity index (χ0n) is 17.7. The van der Waals surface area contributed by atoms with Crippen LogP contribution in [0.3, 0.4) is 0 Å². The number of aromatic nitrogens is 3. The Morgan fingerprint density at radius 2 is 1.68 bits per heavy atom. The van der Waals surface area contributed by atoms with Gasteiger partial charge in [-0.1, -0.05) is 48.5 Å². The average Bonchev–Trinajstić information content (AvgIpc) is 3.17. The maximum absolute atomic E-state index is 13.4. The highest BCUT2D eigenvalue weighted by atomic mass is 16.5. The summed E-state index contributed by atoms with van der Waals surface area (Å²) in [5.74, 6) is 0.699. The first-order valence-corrected chi connectivity index (χ1v) is 10.2. The number of aryl methyl sites for hydroxylation is 1. The maximum atomic E-state index is 13.4. The average molecular weight is 417 g/mol. The van der Waals surface area contributed by atoms with Crippen LogP contribution < -0.4 is 16.0 Å². The molecule has 1 aliphatic heterocycles. The fourth-order valence-corrected chi connectivity index (χ4v) is 4.60. The summed E-state index contributed by atoms with van der Waals surface area (Å²) in [5.41, 5.74) is 3.32. The maximum Gasteiger partial charge on any atom is 0.331 e. The summed E-state index contributed by atoms with van der Waals surface area (Å²) in [6, 6.07) is 17.5. The molecule has 7 nitrogen and oxygen atoms in total. The van der Waals surface area contributed by atoms with Gasteiger partial charge in [0.05, 0.1) is 36.0 Å². The van der Waals surface area contributed by atoms with E-state index in [9.17, 15) is 9.59 Å². The molecule has 1 aliphatic rings. The molecule has 1 atom stereocenters. The van der Waals surface area contributed by atoms with Gasteiger partial charge in [-0.25, -0.2) is 4.79 Å². The van der Waals surface area contributed by atoms with E-state index in [0.29, 0.717) is 29.8 Å². The van der Waals surface area contributed by atoms with E-state index in [0.717, 1.165) is 22.5 Å². The van der Waals surface area contributed by atoms with E-state index in [1.165, 1.54) is 11.6 Å². The molecule has 31 heavy (non-hydrogen) atoms. The summed E-state index contributed by atoms with van der Waals surface area (Å²) in [6.45, 7) is 1.06. The Labute approximate surface area is 178 Å². The van der Waals surface area contributed by atoms with Crippen molar-refractivity contribution in [2.75, 3.05) is 13.7 Å². The molecule has 2 aromatic heterocycles. The summed E-state index contributed by atoms with van der Waals surface area (Å²) >= 11 is 0. The molecule has 0 saturated carbocycles. The molecule has 0 radical (unpaired) electrons. The molecule has 0 aliphatic carbocycles. The first-order chi connectivity index (χ1) is 15.0. The Balaban J connectivity index is 1.96. The smallest absolute Gasteiger partial charge is 0.331 e. The van der Waals surface area contributed by atoms with Gasteiger partial charge in [0.25, 0.3) is 5.56 Å². The molecule has 4 aromatic rings. The topological polar surface area (TPSA) is 67.4 Å². The highest BCUT2D eigenvalue weighted by Gasteiger charge is 2.34. The summed E-state index contributed by atoms with van der Waals surface area (Å²) < 4.78 is 16.7. The van der Waals surface area contributed by atoms with E-state index in [1.807, 2.05) is 54.6 Å². The minimum Gasteiger partial charge on any atom is -0.496 e. The van der Waals surface area contributed by atoms with E-state index >= 15 is 0 Å². The van der Waals surface area contributed by atoms with Crippen molar-refractivity contribution in [2.24, 2.45) is 14.1 Å². The van der Waals surface area contributed by atoms with E-state index in [2.05, 4.69) is 4.57 Å². The van der Waals surface area contributed by atoms with E-state index in [4.69, 9.17) is 9.47 Å². The van der Waals surface area contributed by atoms with Crippen LogP contribution in [0.1, 0.15) is 17.4 Å². The van der Waals surface area contributed by atoms with Crippen LogP contribution in [0.4, 0.5) is 0 Å². The molecule has 3 heterocycles. The second-order valence-electron chi connectivity index (χ2n) is 7.67. The van der Waals surface area contributed by atoms with Crippen molar-refractivity contribution in [1.82, 2.24) is 13.7 Å². The number of nitrogens with zero attached hydrogens (tertiary/aromatic N) is 3. The van der Waals surface area contributed by atoms with E-state index in [-0.39, 0.29) is 11.2 Å². The van der Waals surface area contributed by atoms with Gasteiger partial charge in [0, 0.05) is 26.2 Å². The number of para-hydroxylation sites is 1. The van der Waals surface area contributed by atoms with Crippen molar-refractivity contribution in [3.8, 4) is 17.0 Å². The second-order valence-corrected chi connectivity index (χ2v) is 7.67. The Morgan fingerprint density at radius 1 is 0.968 bits per heavy atom. The molecule has 5 rings (SSSR count). The fourth-order valence-electron chi connectivity index (χ4n) is 4.60. The number of methoxy groups -OCH3 is 1. The van der Waals surface area contributed by atoms with Crippen LogP contribution in [0.15, 0.2) is 64.2 Å². The standard InChI is InChI=1S/C24H23N3O4/c1-25-20-18(23(28)26(2)24(25)29)19(15-9-5-4-6-10-15)27-13-14-31-22(21(20)27)16-11-7-8-12-17(16)30-3/h4-12,22H,13-14H2,1-3H3/t22-/m0/s1. The Kier molecular flexibility index (Phi) is 4.55. The molecule has 2 aromatic carbocycles. The number of hydrogen-bond donors (Lipinski definition) is 0. The molecule has 7 heteroatoms. The zero-order chi connectivity index (χ0) is 21.7. The van der Waals surface area contributed by atoms with Crippen molar-refractivity contribution >= 4 is 10.9 Å². The molecule has 0 fully saturated rings. The highest BCUT2D eigenvalue weighted by molar-refractivity contribution is 5.96. The molecular weight excluding hydrogens is 394 g/mol. The molecule has 0 N–H and O–H groups in total. The number of benzene rings is 2. The zero-order valence-corrected chi connectivity index (χ0v) is 17.7. The summed E-state index contributed by atoms with van der Waals surface area (Å²) in [6.07, 6.45) is -0.470. The third-order valence-electron chi connectivity index (χ3n) is 6.02.